The number of hydrogen-bond donors (Lipinski definition) is 2. The predicted octanol–water partition coefficient (Wildman–Crippen LogP) is 4.17. The van der Waals surface area contributed by atoms with Gasteiger partial charge in [-0.15, -0.1) is 11.3 Å². The average Bonchev–Trinajstić information content (AvgIpc) is 3.18. The third-order valence-corrected chi connectivity index (χ3v) is 6.53. The van der Waals surface area contributed by atoms with Gasteiger partial charge in [-0.3, -0.25) is 9.52 Å². The van der Waals surface area contributed by atoms with Gasteiger partial charge in [0.15, 0.2) is 5.13 Å². The van der Waals surface area contributed by atoms with Gasteiger partial charge in [0.25, 0.3) is 15.9 Å². The van der Waals surface area contributed by atoms with E-state index in [2.05, 4.69) is 47.9 Å². The number of aromatic nitrogens is 1. The Kier molecular flexibility index (Phi) is 6.04. The maximum Gasteiger partial charge on any atom is 0.263 e. The van der Waals surface area contributed by atoms with Crippen LogP contribution in [0.25, 0.3) is 0 Å². The molecule has 2 N–H and O–H groups in total. The smallest absolute Gasteiger partial charge is 0.263 e. The van der Waals surface area contributed by atoms with E-state index >= 15 is 0 Å². The summed E-state index contributed by atoms with van der Waals surface area (Å²) in [6.07, 6.45) is 1.52. The summed E-state index contributed by atoms with van der Waals surface area (Å²) in [5.74, 6) is -0.262. The fraction of sp³-hybridized carbons (Fsp3) is 0.238. The number of rotatable bonds is 6. The number of carbonyl (C=O) groups excluding carboxylic acids is 1. The minimum absolute atomic E-state index is 0.0713. The molecule has 0 aliphatic heterocycles. The second kappa shape index (κ2) is 8.34. The summed E-state index contributed by atoms with van der Waals surface area (Å²) in [4.78, 5) is 16.4. The van der Waals surface area contributed by atoms with Crippen molar-refractivity contribution in [3.63, 3.8) is 0 Å². The minimum atomic E-state index is -3.73. The molecule has 152 valence electrons. The number of sulfonamides is 1. The van der Waals surface area contributed by atoms with E-state index in [0.717, 1.165) is 5.56 Å². The van der Waals surface area contributed by atoms with Gasteiger partial charge in [0.2, 0.25) is 0 Å². The molecule has 6 nitrogen and oxygen atoms in total. The van der Waals surface area contributed by atoms with Crippen molar-refractivity contribution in [1.82, 2.24) is 10.3 Å². The molecular weight excluding hydrogens is 406 g/mol. The molecule has 3 aromatic rings. The zero-order valence-electron chi connectivity index (χ0n) is 16.5. The SMILES string of the molecule is CC(C)(C)c1ccc(CNC(=O)c2ccc(S(=O)(=O)Nc3nccs3)cc2)cc1. The molecule has 0 fully saturated rings. The van der Waals surface area contributed by atoms with Crippen LogP contribution < -0.4 is 10.0 Å². The Balaban J connectivity index is 1.62. The first-order chi connectivity index (χ1) is 13.6. The van der Waals surface area contributed by atoms with E-state index in [0.29, 0.717) is 17.2 Å². The van der Waals surface area contributed by atoms with Crippen molar-refractivity contribution in [2.24, 2.45) is 0 Å². The summed E-state index contributed by atoms with van der Waals surface area (Å²) in [6.45, 7) is 6.86. The van der Waals surface area contributed by atoms with E-state index in [1.54, 1.807) is 5.38 Å². The number of hydrogen-bond acceptors (Lipinski definition) is 5. The molecule has 3 rings (SSSR count). The Morgan fingerprint density at radius 3 is 2.24 bits per heavy atom. The van der Waals surface area contributed by atoms with E-state index < -0.39 is 10.0 Å². The first-order valence-corrected chi connectivity index (χ1v) is 11.4. The zero-order valence-corrected chi connectivity index (χ0v) is 18.1. The molecule has 0 bridgehead atoms. The predicted molar refractivity (Wildman–Crippen MR) is 116 cm³/mol. The average molecular weight is 430 g/mol. The van der Waals surface area contributed by atoms with E-state index in [4.69, 9.17) is 0 Å². The largest absolute Gasteiger partial charge is 0.348 e. The normalized spacial score (nSPS) is 11.8. The Bertz CT molecular complexity index is 1070. The van der Waals surface area contributed by atoms with Gasteiger partial charge in [-0.2, -0.15) is 0 Å². The third kappa shape index (κ3) is 5.42. The highest BCUT2D eigenvalue weighted by atomic mass is 32.2. The van der Waals surface area contributed by atoms with Gasteiger partial charge in [0, 0.05) is 23.7 Å². The van der Waals surface area contributed by atoms with Crippen LogP contribution in [0.5, 0.6) is 0 Å². The molecule has 8 heteroatoms. The number of anilines is 1. The molecule has 0 unspecified atom stereocenters. The summed E-state index contributed by atoms with van der Waals surface area (Å²) in [6, 6.07) is 13.9. The van der Waals surface area contributed by atoms with Crippen LogP contribution in [0.1, 0.15) is 42.3 Å². The van der Waals surface area contributed by atoms with Crippen molar-refractivity contribution in [2.45, 2.75) is 37.6 Å². The molecular formula is C21H23N3O3S2. The maximum atomic E-state index is 12.4. The van der Waals surface area contributed by atoms with E-state index in [9.17, 15) is 13.2 Å². The number of nitrogens with one attached hydrogen (secondary N) is 2. The molecule has 0 spiro atoms. The van der Waals surface area contributed by atoms with Gasteiger partial charge in [-0.25, -0.2) is 13.4 Å². The maximum absolute atomic E-state index is 12.4. The van der Waals surface area contributed by atoms with Gasteiger partial charge >= 0.3 is 0 Å². The summed E-state index contributed by atoms with van der Waals surface area (Å²) in [7, 11) is -3.73. The van der Waals surface area contributed by atoms with Crippen molar-refractivity contribution in [3.05, 3.63) is 76.8 Å². The second-order valence-corrected chi connectivity index (χ2v) is 10.2. The van der Waals surface area contributed by atoms with Crippen molar-refractivity contribution in [2.75, 3.05) is 4.72 Å². The third-order valence-electron chi connectivity index (χ3n) is 4.35. The lowest BCUT2D eigenvalue weighted by molar-refractivity contribution is 0.0951. The number of amides is 1. The molecule has 2 aromatic carbocycles. The molecule has 1 amide bonds. The van der Waals surface area contributed by atoms with Crippen LogP contribution in [0.3, 0.4) is 0 Å². The van der Waals surface area contributed by atoms with Gasteiger partial charge in [-0.1, -0.05) is 45.0 Å². The molecule has 1 aromatic heterocycles. The molecule has 0 atom stereocenters. The summed E-state index contributed by atoms with van der Waals surface area (Å²) in [5, 5.41) is 4.83. The molecule has 0 radical (unpaired) electrons. The van der Waals surface area contributed by atoms with Gasteiger partial charge < -0.3 is 5.32 Å². The lowest BCUT2D eigenvalue weighted by Crippen LogP contribution is -2.23. The first-order valence-electron chi connectivity index (χ1n) is 9.05. The topological polar surface area (TPSA) is 88.2 Å². The van der Waals surface area contributed by atoms with Gasteiger partial charge in [0.05, 0.1) is 4.90 Å². The summed E-state index contributed by atoms with van der Waals surface area (Å²) >= 11 is 1.19. The van der Waals surface area contributed by atoms with Crippen molar-refractivity contribution in [1.29, 1.82) is 0 Å². The van der Waals surface area contributed by atoms with E-state index in [1.165, 1.54) is 47.4 Å². The highest BCUT2D eigenvalue weighted by Crippen LogP contribution is 2.22. The molecule has 0 aliphatic carbocycles. The Hall–Kier alpha value is -2.71. The number of thiazole rings is 1. The lowest BCUT2D eigenvalue weighted by atomic mass is 9.87. The fourth-order valence-electron chi connectivity index (χ4n) is 2.64. The lowest BCUT2D eigenvalue weighted by Gasteiger charge is -2.19. The summed E-state index contributed by atoms with van der Waals surface area (Å²) < 4.78 is 27.1. The quantitative estimate of drug-likeness (QED) is 0.615. The Morgan fingerprint density at radius 2 is 1.69 bits per heavy atom. The van der Waals surface area contributed by atoms with Gasteiger partial charge in [0.1, 0.15) is 0 Å². The van der Waals surface area contributed by atoms with Crippen molar-refractivity contribution >= 4 is 32.4 Å². The number of nitrogens with zero attached hydrogens (tertiary/aromatic N) is 1. The Morgan fingerprint density at radius 1 is 1.03 bits per heavy atom. The fourth-order valence-corrected chi connectivity index (χ4v) is 4.43. The van der Waals surface area contributed by atoms with Crippen LogP contribution in [-0.2, 0) is 22.0 Å². The van der Waals surface area contributed by atoms with Crippen molar-refractivity contribution < 1.29 is 13.2 Å². The second-order valence-electron chi connectivity index (χ2n) is 7.60. The molecule has 1 heterocycles. The Labute approximate surface area is 175 Å². The van der Waals surface area contributed by atoms with Crippen LogP contribution in [-0.4, -0.2) is 19.3 Å². The van der Waals surface area contributed by atoms with Gasteiger partial charge in [-0.05, 0) is 40.8 Å². The highest BCUT2D eigenvalue weighted by molar-refractivity contribution is 7.93. The molecule has 0 saturated carbocycles. The van der Waals surface area contributed by atoms with E-state index in [1.807, 2.05) is 12.1 Å². The van der Waals surface area contributed by atoms with E-state index in [-0.39, 0.29) is 16.2 Å². The summed E-state index contributed by atoms with van der Waals surface area (Å²) in [5.41, 5.74) is 2.71. The van der Waals surface area contributed by atoms with Crippen LogP contribution in [0.15, 0.2) is 65.0 Å². The van der Waals surface area contributed by atoms with Crippen LogP contribution in [0.4, 0.5) is 5.13 Å². The molecule has 0 saturated heterocycles. The van der Waals surface area contributed by atoms with Crippen molar-refractivity contribution in [3.8, 4) is 0 Å². The first kappa shape index (κ1) is 21.0. The zero-order chi connectivity index (χ0) is 21.1. The van der Waals surface area contributed by atoms with Crippen LogP contribution >= 0.6 is 11.3 Å². The standard InChI is InChI=1S/C21H23N3O3S2/c1-21(2,3)17-8-4-15(5-9-17)14-23-19(25)16-6-10-18(11-7-16)29(26,27)24-20-22-12-13-28-20/h4-13H,14H2,1-3H3,(H,22,24)(H,23,25). The molecule has 0 aliphatic rings. The molecule has 29 heavy (non-hydrogen) atoms. The highest BCUT2D eigenvalue weighted by Gasteiger charge is 2.16. The number of benzene rings is 2. The number of carbonyl (C=O) groups is 1. The van der Waals surface area contributed by atoms with Crippen LogP contribution in [0.2, 0.25) is 0 Å². The van der Waals surface area contributed by atoms with Crippen LogP contribution in [0, 0.1) is 0 Å². The monoisotopic (exact) mass is 429 g/mol. The minimum Gasteiger partial charge on any atom is -0.348 e.